The van der Waals surface area contributed by atoms with E-state index in [0.717, 1.165) is 26.6 Å². The van der Waals surface area contributed by atoms with Crippen molar-refractivity contribution in [3.8, 4) is 22.8 Å². The molecule has 0 aliphatic carbocycles. The molecular formula is C16H15ClN2O2S. The summed E-state index contributed by atoms with van der Waals surface area (Å²) in [7, 11) is 0. The lowest BCUT2D eigenvalue weighted by Crippen LogP contribution is -1.99. The molecule has 0 saturated carbocycles. The molecule has 2 aromatic heterocycles. The normalized spacial score (nSPS) is 10.9. The molecule has 0 aliphatic heterocycles. The Morgan fingerprint density at radius 1 is 1.05 bits per heavy atom. The summed E-state index contributed by atoms with van der Waals surface area (Å²) in [6.45, 7) is 5.02. The molecule has 2 heterocycles. The summed E-state index contributed by atoms with van der Waals surface area (Å²) in [5.74, 6) is 1.38. The molecular weight excluding hydrogens is 320 g/mol. The third kappa shape index (κ3) is 3.00. The number of ether oxygens (including phenoxy) is 2. The number of rotatable bonds is 5. The van der Waals surface area contributed by atoms with Crippen LogP contribution in [0.2, 0.25) is 4.34 Å². The van der Waals surface area contributed by atoms with Crippen molar-refractivity contribution in [2.45, 2.75) is 13.8 Å². The molecule has 3 aromatic rings. The molecule has 4 nitrogen and oxygen atoms in total. The van der Waals surface area contributed by atoms with Crippen LogP contribution in [-0.4, -0.2) is 23.2 Å². The van der Waals surface area contributed by atoms with Crippen LogP contribution in [0, 0.1) is 0 Å². The van der Waals surface area contributed by atoms with Crippen LogP contribution in [0.25, 0.3) is 22.3 Å². The van der Waals surface area contributed by atoms with E-state index in [1.165, 1.54) is 11.3 Å². The highest BCUT2D eigenvalue weighted by Crippen LogP contribution is 2.33. The SMILES string of the molecule is CCOc1cc2ncc(-c3csc(Cl)c3)nc2cc1OCC. The van der Waals surface area contributed by atoms with Gasteiger partial charge in [0.2, 0.25) is 0 Å². The number of benzene rings is 1. The first-order chi connectivity index (χ1) is 10.7. The molecule has 3 rings (SSSR count). The van der Waals surface area contributed by atoms with Crippen molar-refractivity contribution in [1.29, 1.82) is 0 Å². The lowest BCUT2D eigenvalue weighted by Gasteiger charge is -2.11. The second-order valence-electron chi connectivity index (χ2n) is 4.55. The molecule has 0 N–H and O–H groups in total. The zero-order valence-electron chi connectivity index (χ0n) is 12.3. The fraction of sp³-hybridized carbons (Fsp3) is 0.250. The molecule has 0 spiro atoms. The van der Waals surface area contributed by atoms with Crippen LogP contribution in [0.5, 0.6) is 11.5 Å². The van der Waals surface area contributed by atoms with Gasteiger partial charge in [0.25, 0.3) is 0 Å². The molecule has 0 bridgehead atoms. The maximum Gasteiger partial charge on any atom is 0.163 e. The Hall–Kier alpha value is -1.85. The summed E-state index contributed by atoms with van der Waals surface area (Å²) in [6.07, 6.45) is 1.75. The molecule has 0 amide bonds. The van der Waals surface area contributed by atoms with Gasteiger partial charge in [-0.1, -0.05) is 11.6 Å². The lowest BCUT2D eigenvalue weighted by atomic mass is 10.2. The maximum absolute atomic E-state index is 5.98. The second kappa shape index (κ2) is 6.50. The topological polar surface area (TPSA) is 44.2 Å². The number of fused-ring (bicyclic) bond motifs is 1. The molecule has 0 unspecified atom stereocenters. The molecule has 22 heavy (non-hydrogen) atoms. The van der Waals surface area contributed by atoms with Crippen molar-refractivity contribution in [3.63, 3.8) is 0 Å². The van der Waals surface area contributed by atoms with Gasteiger partial charge in [0.15, 0.2) is 11.5 Å². The van der Waals surface area contributed by atoms with Crippen LogP contribution >= 0.6 is 22.9 Å². The first-order valence-electron chi connectivity index (χ1n) is 7.02. The van der Waals surface area contributed by atoms with Gasteiger partial charge in [-0.25, -0.2) is 4.98 Å². The van der Waals surface area contributed by atoms with Gasteiger partial charge in [-0.05, 0) is 19.9 Å². The summed E-state index contributed by atoms with van der Waals surface area (Å²) < 4.78 is 12.0. The summed E-state index contributed by atoms with van der Waals surface area (Å²) in [5, 5.41) is 1.97. The van der Waals surface area contributed by atoms with E-state index in [4.69, 9.17) is 21.1 Å². The summed E-state index contributed by atoms with van der Waals surface area (Å²) >= 11 is 7.46. The van der Waals surface area contributed by atoms with Crippen LogP contribution in [0.3, 0.4) is 0 Å². The van der Waals surface area contributed by atoms with E-state index in [1.54, 1.807) is 6.20 Å². The van der Waals surface area contributed by atoms with E-state index in [-0.39, 0.29) is 0 Å². The van der Waals surface area contributed by atoms with Gasteiger partial charge in [0.05, 0.1) is 40.5 Å². The first kappa shape index (κ1) is 15.1. The van der Waals surface area contributed by atoms with Gasteiger partial charge in [-0.3, -0.25) is 4.98 Å². The highest BCUT2D eigenvalue weighted by Gasteiger charge is 2.11. The Labute approximate surface area is 137 Å². The minimum atomic E-state index is 0.568. The zero-order valence-corrected chi connectivity index (χ0v) is 13.9. The fourth-order valence-corrected chi connectivity index (χ4v) is 3.02. The van der Waals surface area contributed by atoms with Gasteiger partial charge in [-0.15, -0.1) is 11.3 Å². The van der Waals surface area contributed by atoms with Crippen molar-refractivity contribution < 1.29 is 9.47 Å². The smallest absolute Gasteiger partial charge is 0.163 e. The Morgan fingerprint density at radius 3 is 2.32 bits per heavy atom. The first-order valence-corrected chi connectivity index (χ1v) is 8.27. The molecule has 114 valence electrons. The Bertz CT molecular complexity index is 804. The van der Waals surface area contributed by atoms with E-state index in [1.807, 2.05) is 37.4 Å². The molecule has 0 radical (unpaired) electrons. The second-order valence-corrected chi connectivity index (χ2v) is 6.09. The largest absolute Gasteiger partial charge is 0.490 e. The molecule has 1 aromatic carbocycles. The average Bonchev–Trinajstić information content (AvgIpc) is 2.94. The quantitative estimate of drug-likeness (QED) is 0.671. The highest BCUT2D eigenvalue weighted by atomic mass is 35.5. The summed E-state index contributed by atoms with van der Waals surface area (Å²) in [5.41, 5.74) is 3.31. The van der Waals surface area contributed by atoms with Gasteiger partial charge >= 0.3 is 0 Å². The molecule has 0 saturated heterocycles. The standard InChI is InChI=1S/C16H15ClN2O2S/c1-3-20-14-6-11-12(7-15(14)21-4-2)19-13(8-18-11)10-5-16(17)22-9-10/h5-9H,3-4H2,1-2H3. The Balaban J connectivity index is 2.09. The minimum absolute atomic E-state index is 0.568. The van der Waals surface area contributed by atoms with Crippen molar-refractivity contribution in [3.05, 3.63) is 34.1 Å². The van der Waals surface area contributed by atoms with E-state index in [0.29, 0.717) is 24.7 Å². The van der Waals surface area contributed by atoms with Gasteiger partial charge < -0.3 is 9.47 Å². The monoisotopic (exact) mass is 334 g/mol. The number of halogens is 1. The summed E-state index contributed by atoms with van der Waals surface area (Å²) in [4.78, 5) is 9.13. The maximum atomic E-state index is 5.98. The van der Waals surface area contributed by atoms with Crippen LogP contribution in [0.4, 0.5) is 0 Å². The predicted molar refractivity (Wildman–Crippen MR) is 90.2 cm³/mol. The fourth-order valence-electron chi connectivity index (χ4n) is 2.14. The van der Waals surface area contributed by atoms with Crippen LogP contribution < -0.4 is 9.47 Å². The number of nitrogens with zero attached hydrogens (tertiary/aromatic N) is 2. The third-order valence-corrected chi connectivity index (χ3v) is 4.16. The van der Waals surface area contributed by atoms with Crippen molar-refractivity contribution in [2.24, 2.45) is 0 Å². The predicted octanol–water partition coefficient (Wildman–Crippen LogP) is 4.81. The average molecular weight is 335 g/mol. The highest BCUT2D eigenvalue weighted by molar-refractivity contribution is 7.14. The lowest BCUT2D eigenvalue weighted by molar-refractivity contribution is 0.288. The van der Waals surface area contributed by atoms with Crippen LogP contribution in [0.15, 0.2) is 29.8 Å². The minimum Gasteiger partial charge on any atom is -0.490 e. The number of aromatic nitrogens is 2. The van der Waals surface area contributed by atoms with E-state index in [2.05, 4.69) is 9.97 Å². The molecule has 6 heteroatoms. The van der Waals surface area contributed by atoms with E-state index in [9.17, 15) is 0 Å². The van der Waals surface area contributed by atoms with Crippen LogP contribution in [-0.2, 0) is 0 Å². The van der Waals surface area contributed by atoms with Gasteiger partial charge in [0.1, 0.15) is 0 Å². The number of thiophene rings is 1. The third-order valence-electron chi connectivity index (χ3n) is 3.07. The molecule has 0 fully saturated rings. The van der Waals surface area contributed by atoms with E-state index >= 15 is 0 Å². The van der Waals surface area contributed by atoms with Crippen molar-refractivity contribution in [1.82, 2.24) is 9.97 Å². The molecule has 0 atom stereocenters. The van der Waals surface area contributed by atoms with Gasteiger partial charge in [-0.2, -0.15) is 0 Å². The number of hydrogen-bond donors (Lipinski definition) is 0. The Morgan fingerprint density at radius 2 is 1.73 bits per heavy atom. The van der Waals surface area contributed by atoms with Crippen molar-refractivity contribution in [2.75, 3.05) is 13.2 Å². The van der Waals surface area contributed by atoms with Crippen molar-refractivity contribution >= 4 is 34.0 Å². The zero-order chi connectivity index (χ0) is 15.5. The molecule has 0 aliphatic rings. The van der Waals surface area contributed by atoms with E-state index < -0.39 is 0 Å². The van der Waals surface area contributed by atoms with Gasteiger partial charge in [0, 0.05) is 23.1 Å². The van der Waals surface area contributed by atoms with Crippen LogP contribution in [0.1, 0.15) is 13.8 Å². The number of hydrogen-bond acceptors (Lipinski definition) is 5. The Kier molecular flexibility index (Phi) is 4.45. The summed E-state index contributed by atoms with van der Waals surface area (Å²) in [6, 6.07) is 5.62.